The molecule has 19 heteroatoms. The van der Waals surface area contributed by atoms with Crippen molar-refractivity contribution in [3.05, 3.63) is 77.5 Å². The Morgan fingerprint density at radius 1 is 0.672 bits per heavy atom. The number of rotatable bonds is 34. The maximum Gasteiger partial charge on any atom is 0.255 e. The van der Waals surface area contributed by atoms with Crippen molar-refractivity contribution in [3.63, 3.8) is 0 Å². The minimum Gasteiger partial charge on any atom is -0.382 e. The number of nitrogens with zero attached hydrogens (tertiary/aromatic N) is 5. The number of nitrogens with one attached hydrogen (secondary N) is 1. The summed E-state index contributed by atoms with van der Waals surface area (Å²) in [5, 5.41) is 2.99. The van der Waals surface area contributed by atoms with Crippen LogP contribution >= 0.6 is 0 Å². The molecule has 2 aromatic carbocycles. The number of methoxy groups -OCH3 is 1. The van der Waals surface area contributed by atoms with Gasteiger partial charge < -0.3 is 63.6 Å². The van der Waals surface area contributed by atoms with Gasteiger partial charge in [-0.05, 0) is 62.4 Å². The molecule has 0 unspecified atom stereocenters. The van der Waals surface area contributed by atoms with Gasteiger partial charge in [-0.2, -0.15) is 0 Å². The summed E-state index contributed by atoms with van der Waals surface area (Å²) in [6, 6.07) is 15.4. The fourth-order valence-electron chi connectivity index (χ4n) is 6.90. The van der Waals surface area contributed by atoms with Crippen molar-refractivity contribution >= 4 is 35.0 Å². The van der Waals surface area contributed by atoms with Crippen LogP contribution in [0.25, 0.3) is 11.3 Å². The first kappa shape index (κ1) is 54.5. The molecule has 67 heavy (non-hydrogen) atoms. The summed E-state index contributed by atoms with van der Waals surface area (Å²) in [6.07, 6.45) is 1.51. The summed E-state index contributed by atoms with van der Waals surface area (Å²) in [6.45, 7) is 15.8. The number of hydrogen-bond acceptors (Lipinski definition) is 15. The minimum atomic E-state index is -0.581. The molecule has 0 spiro atoms. The Labute approximate surface area is 395 Å². The molecule has 0 saturated carbocycles. The fourth-order valence-corrected chi connectivity index (χ4v) is 6.90. The fraction of sp³-hybridized carbons (Fsp3) is 0.562. The van der Waals surface area contributed by atoms with Crippen molar-refractivity contribution in [1.29, 1.82) is 0 Å². The van der Waals surface area contributed by atoms with Gasteiger partial charge in [0.2, 0.25) is 11.8 Å². The van der Waals surface area contributed by atoms with Crippen LogP contribution in [0, 0.1) is 0 Å². The standard InChI is InChI=1S/C48H71N7O12/c1-5-54(6-2)41-10-11-43(42(36-41)44-35-38(46(49)57)12-13-50-44)51-47(58)39-8-7-9-40(34-39)48(59)52(3)14-15-53-16-18-55(19-17-53)45(56)37-67-33-32-66-31-30-65-29-28-64-27-26-63-25-24-62-23-22-61-21-20-60-4/h7-13,34-36H,5-6,14-33,37H2,1-4H3,(H2,49,57)(H,51,58). The Kier molecular flexibility index (Phi) is 25.9. The number of nitrogens with two attached hydrogens (primary N) is 1. The van der Waals surface area contributed by atoms with Gasteiger partial charge >= 0.3 is 0 Å². The molecule has 370 valence electrons. The van der Waals surface area contributed by atoms with Crippen LogP contribution in [0.5, 0.6) is 0 Å². The van der Waals surface area contributed by atoms with Crippen molar-refractivity contribution in [2.24, 2.45) is 5.73 Å². The molecule has 19 nitrogen and oxygen atoms in total. The molecule has 0 bridgehead atoms. The van der Waals surface area contributed by atoms with Crippen molar-refractivity contribution in [1.82, 2.24) is 19.7 Å². The Hall–Kier alpha value is -5.09. The zero-order valence-electron chi connectivity index (χ0n) is 39.7. The lowest BCUT2D eigenvalue weighted by Gasteiger charge is -2.35. The van der Waals surface area contributed by atoms with Crippen molar-refractivity contribution in [2.75, 3.05) is 176 Å². The Morgan fingerprint density at radius 2 is 1.22 bits per heavy atom. The van der Waals surface area contributed by atoms with Gasteiger partial charge in [-0.25, -0.2) is 0 Å². The summed E-state index contributed by atoms with van der Waals surface area (Å²) >= 11 is 0. The quantitative estimate of drug-likeness (QED) is 0.0827. The van der Waals surface area contributed by atoms with Gasteiger partial charge in [0.15, 0.2) is 0 Å². The third-order valence-electron chi connectivity index (χ3n) is 10.8. The predicted octanol–water partition coefficient (Wildman–Crippen LogP) is 2.92. The molecule has 1 aromatic heterocycles. The second-order valence-electron chi connectivity index (χ2n) is 15.4. The predicted molar refractivity (Wildman–Crippen MR) is 254 cm³/mol. The molecule has 4 amide bonds. The van der Waals surface area contributed by atoms with Crippen LogP contribution in [0.15, 0.2) is 60.8 Å². The van der Waals surface area contributed by atoms with Gasteiger partial charge in [-0.15, -0.1) is 0 Å². The first-order chi connectivity index (χ1) is 32.6. The molecule has 1 fully saturated rings. The van der Waals surface area contributed by atoms with E-state index in [4.69, 9.17) is 43.6 Å². The highest BCUT2D eigenvalue weighted by Crippen LogP contribution is 2.32. The molecule has 0 aliphatic carbocycles. The second-order valence-corrected chi connectivity index (χ2v) is 15.4. The highest BCUT2D eigenvalue weighted by atomic mass is 16.6. The number of piperazine rings is 1. The van der Waals surface area contributed by atoms with Crippen LogP contribution in [0.2, 0.25) is 0 Å². The molecule has 4 rings (SSSR count). The van der Waals surface area contributed by atoms with Crippen LogP contribution in [0.1, 0.15) is 44.9 Å². The summed E-state index contributed by atoms with van der Waals surface area (Å²) in [5.74, 6) is -1.27. The van der Waals surface area contributed by atoms with E-state index in [9.17, 15) is 19.2 Å². The number of hydrogen-bond donors (Lipinski definition) is 2. The molecule has 1 saturated heterocycles. The van der Waals surface area contributed by atoms with Crippen LogP contribution in [-0.4, -0.2) is 209 Å². The normalized spacial score (nSPS) is 12.9. The third kappa shape index (κ3) is 20.0. The Morgan fingerprint density at radius 3 is 1.78 bits per heavy atom. The molecule has 0 atom stereocenters. The SMILES string of the molecule is CCN(CC)c1ccc(NC(=O)c2cccc(C(=O)N(C)CCN3CCN(C(=O)COCCOCCOCCOCCOCCOCCOCCOC)CC3)c2)c(-c2cc(C(N)=O)ccn2)c1. The summed E-state index contributed by atoms with van der Waals surface area (Å²) in [5.41, 5.74) is 9.09. The van der Waals surface area contributed by atoms with Crippen LogP contribution in [0.4, 0.5) is 11.4 Å². The van der Waals surface area contributed by atoms with Gasteiger partial charge in [0.25, 0.3) is 11.8 Å². The van der Waals surface area contributed by atoms with E-state index in [1.54, 1.807) is 60.4 Å². The number of anilines is 2. The number of aromatic nitrogens is 1. The summed E-state index contributed by atoms with van der Waals surface area (Å²) in [4.78, 5) is 64.2. The van der Waals surface area contributed by atoms with E-state index < -0.39 is 11.8 Å². The third-order valence-corrected chi connectivity index (χ3v) is 10.8. The van der Waals surface area contributed by atoms with E-state index in [1.807, 2.05) is 18.2 Å². The number of likely N-dealkylation sites (N-methyl/N-ethyl adjacent to an activating group) is 1. The Bertz CT molecular complexity index is 1930. The lowest BCUT2D eigenvalue weighted by molar-refractivity contribution is -0.138. The molecular formula is C48H71N7O12. The highest BCUT2D eigenvalue weighted by Gasteiger charge is 2.23. The number of ether oxygens (including phenoxy) is 8. The lowest BCUT2D eigenvalue weighted by atomic mass is 10.0. The summed E-state index contributed by atoms with van der Waals surface area (Å²) < 4.78 is 43.2. The van der Waals surface area contributed by atoms with Crippen LogP contribution in [-0.2, 0) is 42.7 Å². The van der Waals surface area contributed by atoms with Crippen LogP contribution < -0.4 is 16.0 Å². The van der Waals surface area contributed by atoms with E-state index in [0.29, 0.717) is 165 Å². The molecule has 3 aromatic rings. The van der Waals surface area contributed by atoms with Crippen molar-refractivity contribution in [2.45, 2.75) is 13.8 Å². The number of carbonyl (C=O) groups excluding carboxylic acids is 4. The highest BCUT2D eigenvalue weighted by molar-refractivity contribution is 6.08. The zero-order valence-corrected chi connectivity index (χ0v) is 39.7. The van der Waals surface area contributed by atoms with E-state index in [0.717, 1.165) is 18.8 Å². The number of carbonyl (C=O) groups is 4. The molecule has 1 aliphatic heterocycles. The molecule has 2 heterocycles. The van der Waals surface area contributed by atoms with Gasteiger partial charge in [-0.1, -0.05) is 6.07 Å². The van der Waals surface area contributed by atoms with Gasteiger partial charge in [-0.3, -0.25) is 29.1 Å². The minimum absolute atomic E-state index is 0.0152. The number of amides is 4. The average Bonchev–Trinajstić information content (AvgIpc) is 3.35. The maximum absolute atomic E-state index is 13.7. The van der Waals surface area contributed by atoms with Crippen molar-refractivity contribution in [3.8, 4) is 11.3 Å². The first-order valence-corrected chi connectivity index (χ1v) is 23.0. The topological polar surface area (TPSA) is 206 Å². The van der Waals surface area contributed by atoms with E-state index >= 15 is 0 Å². The van der Waals surface area contributed by atoms with Gasteiger partial charge in [0, 0.05) is 101 Å². The molecule has 3 N–H and O–H groups in total. The number of pyridine rings is 1. The number of benzene rings is 2. The Balaban J connectivity index is 1.07. The molecule has 1 aliphatic rings. The first-order valence-electron chi connectivity index (χ1n) is 23.0. The largest absolute Gasteiger partial charge is 0.382 e. The number of primary amides is 1. The average molecular weight is 938 g/mol. The lowest BCUT2D eigenvalue weighted by Crippen LogP contribution is -2.51. The smallest absolute Gasteiger partial charge is 0.255 e. The zero-order chi connectivity index (χ0) is 48.1. The molecule has 0 radical (unpaired) electrons. The summed E-state index contributed by atoms with van der Waals surface area (Å²) in [7, 11) is 3.37. The maximum atomic E-state index is 13.7. The van der Waals surface area contributed by atoms with E-state index in [2.05, 4.69) is 33.9 Å². The van der Waals surface area contributed by atoms with Gasteiger partial charge in [0.1, 0.15) is 6.61 Å². The van der Waals surface area contributed by atoms with Crippen LogP contribution in [0.3, 0.4) is 0 Å². The monoisotopic (exact) mass is 938 g/mol. The molecular weight excluding hydrogens is 867 g/mol. The van der Waals surface area contributed by atoms with Crippen molar-refractivity contribution < 1.29 is 57.1 Å². The van der Waals surface area contributed by atoms with Gasteiger partial charge in [0.05, 0.1) is 104 Å². The second kappa shape index (κ2) is 31.8. The van der Waals surface area contributed by atoms with E-state index in [1.165, 1.54) is 6.20 Å². The van der Waals surface area contributed by atoms with E-state index in [-0.39, 0.29) is 18.4 Å².